The summed E-state index contributed by atoms with van der Waals surface area (Å²) >= 11 is 6.13. The van der Waals surface area contributed by atoms with Crippen molar-refractivity contribution < 1.29 is 0 Å². The molecule has 0 heterocycles. The van der Waals surface area contributed by atoms with Gasteiger partial charge in [0, 0.05) is 11.4 Å². The van der Waals surface area contributed by atoms with Gasteiger partial charge in [0.15, 0.2) is 0 Å². The van der Waals surface area contributed by atoms with Crippen LogP contribution in [0.15, 0.2) is 0 Å². The first kappa shape index (κ1) is 20.2. The normalized spacial score (nSPS) is 14.4. The zero-order valence-corrected chi connectivity index (χ0v) is 14.8. The Labute approximate surface area is 133 Å². The summed E-state index contributed by atoms with van der Waals surface area (Å²) in [6.45, 7) is 4.28. The molecule has 20 heavy (non-hydrogen) atoms. The molecule has 2 N–H and O–H groups in total. The molecule has 0 aromatic carbocycles. The third kappa shape index (κ3) is 14.7. The summed E-state index contributed by atoms with van der Waals surface area (Å²) in [4.78, 5) is 0. The van der Waals surface area contributed by atoms with Gasteiger partial charge in [-0.2, -0.15) is 0 Å². The van der Waals surface area contributed by atoms with Crippen LogP contribution in [0.25, 0.3) is 0 Å². The predicted octanol–water partition coefficient (Wildman–Crippen LogP) is 6.42. The van der Waals surface area contributed by atoms with E-state index >= 15 is 0 Å². The minimum absolute atomic E-state index is 0.133. The Hall–Kier alpha value is 0.250. The third-order valence-electron chi connectivity index (χ3n) is 4.15. The number of unbranched alkanes of at least 4 members (excludes halogenated alkanes) is 12. The number of halogens is 1. The molecule has 2 atom stereocenters. The topological polar surface area (TPSA) is 26.0 Å². The van der Waals surface area contributed by atoms with E-state index in [-0.39, 0.29) is 11.4 Å². The van der Waals surface area contributed by atoms with E-state index in [1.165, 1.54) is 83.5 Å². The van der Waals surface area contributed by atoms with Crippen LogP contribution in [0, 0.1) is 0 Å². The number of rotatable bonds is 15. The van der Waals surface area contributed by atoms with Crippen molar-refractivity contribution in [3.8, 4) is 0 Å². The van der Waals surface area contributed by atoms with Crippen molar-refractivity contribution in [2.24, 2.45) is 5.73 Å². The van der Waals surface area contributed by atoms with E-state index in [0.29, 0.717) is 0 Å². The van der Waals surface area contributed by atoms with Gasteiger partial charge in [-0.25, -0.2) is 0 Å². The Balaban J connectivity index is 3.03. The Morgan fingerprint density at radius 3 is 1.40 bits per heavy atom. The van der Waals surface area contributed by atoms with Crippen LogP contribution in [-0.4, -0.2) is 11.4 Å². The molecule has 2 heteroatoms. The smallest absolute Gasteiger partial charge is 0.0484 e. The summed E-state index contributed by atoms with van der Waals surface area (Å²) in [6.07, 6.45) is 19.3. The lowest BCUT2D eigenvalue weighted by molar-refractivity contribution is 0.525. The van der Waals surface area contributed by atoms with Crippen molar-refractivity contribution >= 4 is 11.6 Å². The lowest BCUT2D eigenvalue weighted by atomic mass is 10.0. The number of nitrogens with two attached hydrogens (primary N) is 1. The fourth-order valence-electron chi connectivity index (χ4n) is 2.62. The zero-order valence-electron chi connectivity index (χ0n) is 14.0. The van der Waals surface area contributed by atoms with E-state index in [1.54, 1.807) is 0 Å². The minimum Gasteiger partial charge on any atom is -0.327 e. The van der Waals surface area contributed by atoms with E-state index in [4.69, 9.17) is 17.3 Å². The van der Waals surface area contributed by atoms with E-state index in [9.17, 15) is 0 Å². The van der Waals surface area contributed by atoms with Gasteiger partial charge >= 0.3 is 0 Å². The van der Waals surface area contributed by atoms with Gasteiger partial charge in [-0.05, 0) is 13.3 Å². The van der Waals surface area contributed by atoms with Crippen LogP contribution < -0.4 is 5.73 Å². The molecule has 0 saturated heterocycles. The lowest BCUT2D eigenvalue weighted by Gasteiger charge is -2.12. The second-order valence-electron chi connectivity index (χ2n) is 6.41. The third-order valence-corrected chi connectivity index (χ3v) is 4.77. The molecule has 0 saturated carbocycles. The molecule has 0 spiro atoms. The molecule has 0 fully saturated rings. The molecule has 0 aromatic heterocycles. The van der Waals surface area contributed by atoms with Gasteiger partial charge in [-0.15, -0.1) is 11.6 Å². The lowest BCUT2D eigenvalue weighted by Crippen LogP contribution is -2.26. The van der Waals surface area contributed by atoms with Crippen LogP contribution in [0.2, 0.25) is 0 Å². The molecule has 122 valence electrons. The predicted molar refractivity (Wildman–Crippen MR) is 93.6 cm³/mol. The quantitative estimate of drug-likeness (QED) is 0.274. The summed E-state index contributed by atoms with van der Waals surface area (Å²) in [6, 6.07) is 0.133. The SMILES string of the molecule is CCCCCCCCCCCCCCC[C@H](Cl)[C@H](C)N. The van der Waals surface area contributed by atoms with Crippen LogP contribution in [0.4, 0.5) is 0 Å². The first-order valence-electron chi connectivity index (χ1n) is 9.08. The van der Waals surface area contributed by atoms with Crippen LogP contribution in [-0.2, 0) is 0 Å². The highest BCUT2D eigenvalue weighted by molar-refractivity contribution is 6.21. The second-order valence-corrected chi connectivity index (χ2v) is 6.97. The van der Waals surface area contributed by atoms with Crippen LogP contribution in [0.1, 0.15) is 104 Å². The van der Waals surface area contributed by atoms with Crippen LogP contribution in [0.3, 0.4) is 0 Å². The van der Waals surface area contributed by atoms with Gasteiger partial charge in [0.2, 0.25) is 0 Å². The van der Waals surface area contributed by atoms with E-state index in [0.717, 1.165) is 6.42 Å². The molecule has 0 bridgehead atoms. The van der Waals surface area contributed by atoms with E-state index in [1.807, 2.05) is 6.92 Å². The summed E-state index contributed by atoms with van der Waals surface area (Å²) in [5.74, 6) is 0. The van der Waals surface area contributed by atoms with Gasteiger partial charge in [-0.3, -0.25) is 0 Å². The van der Waals surface area contributed by atoms with Crippen molar-refractivity contribution in [3.63, 3.8) is 0 Å². The van der Waals surface area contributed by atoms with Crippen molar-refractivity contribution in [2.45, 2.75) is 115 Å². The molecule has 0 rings (SSSR count). The van der Waals surface area contributed by atoms with Gasteiger partial charge in [0.1, 0.15) is 0 Å². The maximum Gasteiger partial charge on any atom is 0.0484 e. The fourth-order valence-corrected chi connectivity index (χ4v) is 2.77. The van der Waals surface area contributed by atoms with Gasteiger partial charge in [-0.1, -0.05) is 90.4 Å². The first-order valence-corrected chi connectivity index (χ1v) is 9.51. The second kappa shape index (κ2) is 15.6. The standard InChI is InChI=1S/C18H38ClN/c1-3-4-5-6-7-8-9-10-11-12-13-14-15-16-18(19)17(2)20/h17-18H,3-16,20H2,1-2H3/t17-,18-/m0/s1. The monoisotopic (exact) mass is 303 g/mol. The highest BCUT2D eigenvalue weighted by Crippen LogP contribution is 2.15. The number of hydrogen-bond donors (Lipinski definition) is 1. The molecule has 0 radical (unpaired) electrons. The van der Waals surface area contributed by atoms with E-state index in [2.05, 4.69) is 6.92 Å². The summed E-state index contributed by atoms with van der Waals surface area (Å²) in [7, 11) is 0. The maximum atomic E-state index is 6.13. The summed E-state index contributed by atoms with van der Waals surface area (Å²) < 4.78 is 0. The van der Waals surface area contributed by atoms with Gasteiger partial charge in [0.25, 0.3) is 0 Å². The molecule has 1 nitrogen and oxygen atoms in total. The summed E-state index contributed by atoms with van der Waals surface area (Å²) in [5, 5.41) is 0.169. The molecule has 0 aliphatic heterocycles. The van der Waals surface area contributed by atoms with Crippen molar-refractivity contribution in [1.29, 1.82) is 0 Å². The van der Waals surface area contributed by atoms with Gasteiger partial charge in [0.05, 0.1) is 0 Å². The molecular weight excluding hydrogens is 266 g/mol. The molecule has 0 amide bonds. The molecule has 0 aliphatic rings. The van der Waals surface area contributed by atoms with Crippen molar-refractivity contribution in [3.05, 3.63) is 0 Å². The average Bonchev–Trinajstić information content (AvgIpc) is 2.43. The average molecular weight is 304 g/mol. The molecular formula is C18H38ClN. The van der Waals surface area contributed by atoms with E-state index < -0.39 is 0 Å². The Morgan fingerprint density at radius 1 is 0.700 bits per heavy atom. The Kier molecular flexibility index (Phi) is 15.8. The van der Waals surface area contributed by atoms with Crippen molar-refractivity contribution in [1.82, 2.24) is 0 Å². The molecule has 0 unspecified atom stereocenters. The summed E-state index contributed by atoms with van der Waals surface area (Å²) in [5.41, 5.74) is 5.75. The molecule has 0 aliphatic carbocycles. The highest BCUT2D eigenvalue weighted by Gasteiger charge is 2.08. The van der Waals surface area contributed by atoms with Crippen LogP contribution >= 0.6 is 11.6 Å². The molecule has 0 aromatic rings. The Bertz CT molecular complexity index is 182. The largest absolute Gasteiger partial charge is 0.327 e. The highest BCUT2D eigenvalue weighted by atomic mass is 35.5. The number of alkyl halides is 1. The Morgan fingerprint density at radius 2 is 1.05 bits per heavy atom. The van der Waals surface area contributed by atoms with Gasteiger partial charge < -0.3 is 5.73 Å². The first-order chi connectivity index (χ1) is 9.68. The number of hydrogen-bond acceptors (Lipinski definition) is 1. The minimum atomic E-state index is 0.133. The van der Waals surface area contributed by atoms with Crippen LogP contribution in [0.5, 0.6) is 0 Å². The zero-order chi connectivity index (χ0) is 15.1. The fraction of sp³-hybridized carbons (Fsp3) is 1.00. The maximum absolute atomic E-state index is 6.13. The van der Waals surface area contributed by atoms with Crippen molar-refractivity contribution in [2.75, 3.05) is 0 Å².